The summed E-state index contributed by atoms with van der Waals surface area (Å²) in [5, 5.41) is 4.07. The number of amidine groups is 1. The van der Waals surface area contributed by atoms with Crippen molar-refractivity contribution in [3.63, 3.8) is 0 Å². The highest BCUT2D eigenvalue weighted by atomic mass is 32.2. The van der Waals surface area contributed by atoms with Crippen LogP contribution in [0, 0.1) is 5.82 Å². The molecule has 0 saturated carbocycles. The van der Waals surface area contributed by atoms with Gasteiger partial charge < -0.3 is 4.84 Å². The molecule has 1 heterocycles. The minimum atomic E-state index is -3.30. The summed E-state index contributed by atoms with van der Waals surface area (Å²) in [5.41, 5.74) is 0.118. The average molecular weight is 390 g/mol. The van der Waals surface area contributed by atoms with Crippen LogP contribution >= 0.6 is 0 Å². The molecule has 1 aliphatic rings. The number of hydrogen-bond donors (Lipinski definition) is 0. The molecular formula is C19H19FN2O4S. The Bertz CT molecular complexity index is 997. The van der Waals surface area contributed by atoms with Crippen LogP contribution in [-0.4, -0.2) is 36.9 Å². The van der Waals surface area contributed by atoms with E-state index in [0.29, 0.717) is 5.56 Å². The third-order valence-corrected chi connectivity index (χ3v) is 5.30. The molecule has 0 N–H and O–H groups in total. The second-order valence-electron chi connectivity index (χ2n) is 6.83. The van der Waals surface area contributed by atoms with Gasteiger partial charge in [-0.3, -0.25) is 9.69 Å². The molecule has 8 heteroatoms. The lowest BCUT2D eigenvalue weighted by molar-refractivity contribution is -0.154. The van der Waals surface area contributed by atoms with Crippen LogP contribution in [0.25, 0.3) is 0 Å². The zero-order valence-corrected chi connectivity index (χ0v) is 16.0. The number of hydrogen-bond acceptors (Lipinski definition) is 5. The number of amides is 1. The number of benzene rings is 2. The van der Waals surface area contributed by atoms with E-state index in [1.165, 1.54) is 41.3 Å². The normalized spacial score (nSPS) is 16.7. The number of carbonyl (C=O) groups is 1. The summed E-state index contributed by atoms with van der Waals surface area (Å²) < 4.78 is 36.4. The molecule has 1 aliphatic heterocycles. The molecule has 0 radical (unpaired) electrons. The fraction of sp³-hybridized carbons (Fsp3) is 0.263. The molecule has 0 bridgehead atoms. The average Bonchev–Trinajstić information content (AvgIpc) is 2.60. The van der Waals surface area contributed by atoms with Gasteiger partial charge in [0.25, 0.3) is 5.91 Å². The molecule has 6 nitrogen and oxygen atoms in total. The number of rotatable bonds is 4. The first-order valence-electron chi connectivity index (χ1n) is 8.21. The first kappa shape index (κ1) is 19.0. The van der Waals surface area contributed by atoms with Gasteiger partial charge in [0.05, 0.1) is 11.4 Å². The molecule has 0 spiro atoms. The fourth-order valence-corrected chi connectivity index (χ4v) is 3.28. The van der Waals surface area contributed by atoms with Gasteiger partial charge in [0.15, 0.2) is 15.7 Å². The predicted octanol–water partition coefficient (Wildman–Crippen LogP) is 2.73. The summed E-state index contributed by atoms with van der Waals surface area (Å²) in [4.78, 5) is 19.9. The van der Waals surface area contributed by atoms with Gasteiger partial charge >= 0.3 is 0 Å². The van der Waals surface area contributed by atoms with Crippen LogP contribution in [0.1, 0.15) is 25.0 Å². The largest absolute Gasteiger partial charge is 0.378 e. The maximum absolute atomic E-state index is 13.2. The molecule has 0 unspecified atom stereocenters. The molecular weight excluding hydrogens is 371 g/mol. The second-order valence-corrected chi connectivity index (χ2v) is 8.85. The van der Waals surface area contributed by atoms with Crippen molar-refractivity contribution in [2.75, 3.05) is 6.26 Å². The quantitative estimate of drug-likeness (QED) is 0.804. The van der Waals surface area contributed by atoms with E-state index in [9.17, 15) is 17.6 Å². The molecule has 2 aromatic carbocycles. The molecule has 0 aromatic heterocycles. The van der Waals surface area contributed by atoms with Crippen molar-refractivity contribution in [1.82, 2.24) is 4.90 Å². The first-order valence-corrected chi connectivity index (χ1v) is 10.1. The Hall–Kier alpha value is -2.74. The zero-order chi connectivity index (χ0) is 19.8. The van der Waals surface area contributed by atoms with Gasteiger partial charge in [-0.1, -0.05) is 17.3 Å². The van der Waals surface area contributed by atoms with Crippen LogP contribution in [0.5, 0.6) is 0 Å². The Morgan fingerprint density at radius 1 is 1.07 bits per heavy atom. The van der Waals surface area contributed by atoms with Crippen molar-refractivity contribution >= 4 is 21.6 Å². The minimum absolute atomic E-state index is 0.172. The van der Waals surface area contributed by atoms with Gasteiger partial charge in [0.1, 0.15) is 5.82 Å². The van der Waals surface area contributed by atoms with Crippen molar-refractivity contribution in [3.05, 3.63) is 65.5 Å². The third kappa shape index (κ3) is 4.00. The minimum Gasteiger partial charge on any atom is -0.378 e. The van der Waals surface area contributed by atoms with Crippen LogP contribution in [0.3, 0.4) is 0 Å². The number of carbonyl (C=O) groups excluding carboxylic acids is 1. The highest BCUT2D eigenvalue weighted by molar-refractivity contribution is 7.90. The molecule has 0 fully saturated rings. The van der Waals surface area contributed by atoms with E-state index in [1.54, 1.807) is 26.0 Å². The van der Waals surface area contributed by atoms with Crippen LogP contribution in [-0.2, 0) is 26.0 Å². The predicted molar refractivity (Wildman–Crippen MR) is 98.2 cm³/mol. The summed E-state index contributed by atoms with van der Waals surface area (Å²) in [6.45, 7) is 3.39. The van der Waals surface area contributed by atoms with Gasteiger partial charge in [-0.05, 0) is 55.8 Å². The first-order chi connectivity index (χ1) is 12.6. The molecule has 27 heavy (non-hydrogen) atoms. The maximum Gasteiger partial charge on any atom is 0.275 e. The van der Waals surface area contributed by atoms with Crippen LogP contribution in [0.4, 0.5) is 4.39 Å². The Balaban J connectivity index is 1.96. The Labute approximate surface area is 157 Å². The van der Waals surface area contributed by atoms with E-state index < -0.39 is 21.3 Å². The lowest BCUT2D eigenvalue weighted by Gasteiger charge is -2.35. The molecule has 2 aromatic rings. The van der Waals surface area contributed by atoms with Gasteiger partial charge in [-0.2, -0.15) is 0 Å². The smallest absolute Gasteiger partial charge is 0.275 e. The number of oxime groups is 1. The second kappa shape index (κ2) is 6.77. The van der Waals surface area contributed by atoms with Gasteiger partial charge in [0, 0.05) is 11.8 Å². The molecule has 0 aliphatic carbocycles. The fourth-order valence-electron chi connectivity index (χ4n) is 2.65. The Morgan fingerprint density at radius 3 is 2.22 bits per heavy atom. The van der Waals surface area contributed by atoms with Crippen molar-refractivity contribution < 1.29 is 22.4 Å². The van der Waals surface area contributed by atoms with E-state index in [1.807, 2.05) is 0 Å². The molecule has 0 atom stereocenters. The summed E-state index contributed by atoms with van der Waals surface area (Å²) in [7, 11) is -3.30. The van der Waals surface area contributed by atoms with Crippen molar-refractivity contribution in [2.45, 2.75) is 30.9 Å². The monoisotopic (exact) mass is 390 g/mol. The van der Waals surface area contributed by atoms with Gasteiger partial charge in [-0.25, -0.2) is 12.8 Å². The SMILES string of the molecule is CC1(C)ON=C(c2ccc(F)cc2)N(Cc2ccc(S(C)(=O)=O)cc2)C1=O. The molecule has 3 rings (SSSR count). The summed E-state index contributed by atoms with van der Waals surface area (Å²) in [5.74, 6) is -0.429. The molecule has 142 valence electrons. The summed E-state index contributed by atoms with van der Waals surface area (Å²) >= 11 is 0. The van der Waals surface area contributed by atoms with E-state index >= 15 is 0 Å². The summed E-state index contributed by atoms with van der Waals surface area (Å²) in [6.07, 6.45) is 1.13. The van der Waals surface area contributed by atoms with Gasteiger partial charge in [-0.15, -0.1) is 0 Å². The van der Waals surface area contributed by atoms with Crippen LogP contribution in [0.15, 0.2) is 58.6 Å². The lowest BCUT2D eigenvalue weighted by atomic mass is 10.0. The highest BCUT2D eigenvalue weighted by Gasteiger charge is 2.41. The third-order valence-electron chi connectivity index (χ3n) is 4.17. The van der Waals surface area contributed by atoms with Crippen LogP contribution < -0.4 is 0 Å². The van der Waals surface area contributed by atoms with E-state index in [4.69, 9.17) is 4.84 Å². The number of sulfone groups is 1. The highest BCUT2D eigenvalue weighted by Crippen LogP contribution is 2.25. The van der Waals surface area contributed by atoms with Crippen molar-refractivity contribution in [2.24, 2.45) is 5.16 Å². The van der Waals surface area contributed by atoms with Crippen molar-refractivity contribution in [1.29, 1.82) is 0 Å². The topological polar surface area (TPSA) is 76.0 Å². The van der Waals surface area contributed by atoms with E-state index in [-0.39, 0.29) is 23.2 Å². The van der Waals surface area contributed by atoms with E-state index in [0.717, 1.165) is 11.8 Å². The Kier molecular flexibility index (Phi) is 4.77. The number of halogens is 1. The van der Waals surface area contributed by atoms with E-state index in [2.05, 4.69) is 5.16 Å². The van der Waals surface area contributed by atoms with Crippen LogP contribution in [0.2, 0.25) is 0 Å². The summed E-state index contributed by atoms with van der Waals surface area (Å²) in [6, 6.07) is 11.9. The molecule has 1 amide bonds. The number of nitrogens with zero attached hydrogens (tertiary/aromatic N) is 2. The standard InChI is InChI=1S/C19H19FN2O4S/c1-19(2)18(23)22(12-13-4-10-16(11-5-13)27(3,24)25)17(21-26-19)14-6-8-15(20)9-7-14/h4-11H,12H2,1-3H3. The van der Waals surface area contributed by atoms with Gasteiger partial charge in [0.2, 0.25) is 5.60 Å². The van der Waals surface area contributed by atoms with Crippen molar-refractivity contribution in [3.8, 4) is 0 Å². The lowest BCUT2D eigenvalue weighted by Crippen LogP contribution is -2.52. The zero-order valence-electron chi connectivity index (χ0n) is 15.1. The molecule has 0 saturated heterocycles. The maximum atomic E-state index is 13.2. The Morgan fingerprint density at radius 2 is 1.67 bits per heavy atom.